The molecule has 23 heavy (non-hydrogen) atoms. The van der Waals surface area contributed by atoms with Crippen molar-refractivity contribution in [2.24, 2.45) is 11.8 Å². The lowest BCUT2D eigenvalue weighted by Crippen LogP contribution is -2.29. The van der Waals surface area contributed by atoms with E-state index < -0.39 is 5.92 Å². The summed E-state index contributed by atoms with van der Waals surface area (Å²) in [7, 11) is 1.37. The summed E-state index contributed by atoms with van der Waals surface area (Å²) in [5.74, 6) is -0.862. The predicted octanol–water partition coefficient (Wildman–Crippen LogP) is 5.70. The van der Waals surface area contributed by atoms with Crippen LogP contribution in [-0.4, -0.2) is 18.9 Å². The molecule has 0 spiro atoms. The van der Waals surface area contributed by atoms with Crippen molar-refractivity contribution in [3.63, 3.8) is 0 Å². The Bertz CT molecular complexity index is 312. The largest absolute Gasteiger partial charge is 0.468 e. The molecule has 0 unspecified atom stereocenters. The van der Waals surface area contributed by atoms with Gasteiger partial charge in [0.2, 0.25) is 0 Å². The van der Waals surface area contributed by atoms with Crippen LogP contribution in [0.2, 0.25) is 0 Å². The molecule has 0 amide bonds. The maximum absolute atomic E-state index is 12.5. The van der Waals surface area contributed by atoms with E-state index in [-0.39, 0.29) is 17.7 Å². The van der Waals surface area contributed by atoms with Gasteiger partial charge in [0.05, 0.1) is 7.11 Å². The van der Waals surface area contributed by atoms with Gasteiger partial charge in [-0.1, -0.05) is 85.0 Å². The van der Waals surface area contributed by atoms with E-state index in [4.69, 9.17) is 4.74 Å². The number of ether oxygens (including phenoxy) is 1. The van der Waals surface area contributed by atoms with E-state index in [1.807, 2.05) is 6.92 Å². The Labute approximate surface area is 143 Å². The number of carbonyl (C=O) groups is 2. The van der Waals surface area contributed by atoms with Gasteiger partial charge in [0.15, 0.2) is 0 Å². The first-order valence-corrected chi connectivity index (χ1v) is 9.69. The fourth-order valence-electron chi connectivity index (χ4n) is 3.00. The number of methoxy groups -OCH3 is 1. The lowest BCUT2D eigenvalue weighted by atomic mass is 9.87. The second kappa shape index (κ2) is 14.7. The molecule has 0 aliphatic heterocycles. The zero-order valence-corrected chi connectivity index (χ0v) is 15.9. The smallest absolute Gasteiger partial charge is 0.316 e. The third-order valence-electron chi connectivity index (χ3n) is 4.65. The maximum atomic E-state index is 12.5. The van der Waals surface area contributed by atoms with E-state index in [1.54, 1.807) is 0 Å². The van der Waals surface area contributed by atoms with E-state index in [0.29, 0.717) is 6.42 Å². The summed E-state index contributed by atoms with van der Waals surface area (Å²) < 4.78 is 4.81. The molecule has 0 saturated heterocycles. The number of unbranched alkanes of at least 4 members (excludes halogenated alkanes) is 8. The van der Waals surface area contributed by atoms with Crippen LogP contribution < -0.4 is 0 Å². The summed E-state index contributed by atoms with van der Waals surface area (Å²) >= 11 is 0. The molecule has 3 heteroatoms. The Hall–Kier alpha value is -0.860. The molecule has 0 N–H and O–H groups in total. The van der Waals surface area contributed by atoms with Gasteiger partial charge in [-0.2, -0.15) is 0 Å². The highest BCUT2D eigenvalue weighted by atomic mass is 16.5. The monoisotopic (exact) mass is 326 g/mol. The molecule has 136 valence electrons. The minimum atomic E-state index is -0.552. The lowest BCUT2D eigenvalue weighted by molar-refractivity contribution is -0.150. The number of Topliss-reactive ketones (excluding diaryl/α,β-unsaturated/α-hetero) is 1. The molecule has 0 aliphatic carbocycles. The molecule has 3 nitrogen and oxygen atoms in total. The van der Waals surface area contributed by atoms with E-state index in [9.17, 15) is 9.59 Å². The molecule has 0 fully saturated rings. The summed E-state index contributed by atoms with van der Waals surface area (Å²) in [5.41, 5.74) is 0. The first-order valence-electron chi connectivity index (χ1n) is 9.69. The fourth-order valence-corrected chi connectivity index (χ4v) is 3.00. The van der Waals surface area contributed by atoms with Crippen molar-refractivity contribution in [3.05, 3.63) is 0 Å². The molecule has 0 heterocycles. The van der Waals surface area contributed by atoms with Crippen molar-refractivity contribution in [2.45, 2.75) is 97.8 Å². The number of hydrogen-bond acceptors (Lipinski definition) is 3. The first kappa shape index (κ1) is 22.1. The average Bonchev–Trinajstić information content (AvgIpc) is 2.56. The SMILES string of the molecule is CCCCCCCCCC[C@@H](C)C(=O)[C@@H](CCCC)C(=O)OC. The number of ketones is 1. The zero-order chi connectivity index (χ0) is 17.5. The van der Waals surface area contributed by atoms with Crippen molar-refractivity contribution in [1.82, 2.24) is 0 Å². The second-order valence-corrected chi connectivity index (χ2v) is 6.78. The molecule has 0 bridgehead atoms. The number of esters is 1. The summed E-state index contributed by atoms with van der Waals surface area (Å²) in [6.07, 6.45) is 13.6. The highest BCUT2D eigenvalue weighted by molar-refractivity contribution is 5.99. The van der Waals surface area contributed by atoms with Crippen molar-refractivity contribution < 1.29 is 14.3 Å². The van der Waals surface area contributed by atoms with Crippen molar-refractivity contribution >= 4 is 11.8 Å². The van der Waals surface area contributed by atoms with E-state index in [2.05, 4.69) is 13.8 Å². The normalized spacial score (nSPS) is 13.6. The molecule has 0 aromatic carbocycles. The number of carbonyl (C=O) groups excluding carboxylic acids is 2. The second-order valence-electron chi connectivity index (χ2n) is 6.78. The van der Waals surface area contributed by atoms with E-state index in [0.717, 1.165) is 25.7 Å². The fraction of sp³-hybridized carbons (Fsp3) is 0.900. The van der Waals surface area contributed by atoms with Crippen LogP contribution in [0.4, 0.5) is 0 Å². The van der Waals surface area contributed by atoms with Gasteiger partial charge < -0.3 is 4.74 Å². The van der Waals surface area contributed by atoms with Gasteiger partial charge in [-0.25, -0.2) is 0 Å². The van der Waals surface area contributed by atoms with Gasteiger partial charge in [0.1, 0.15) is 11.7 Å². The number of hydrogen-bond donors (Lipinski definition) is 0. The molecule has 0 radical (unpaired) electrons. The van der Waals surface area contributed by atoms with Crippen molar-refractivity contribution in [3.8, 4) is 0 Å². The van der Waals surface area contributed by atoms with E-state index in [1.165, 1.54) is 52.1 Å². The molecule has 0 rings (SSSR count). The zero-order valence-electron chi connectivity index (χ0n) is 15.9. The molecular weight excluding hydrogens is 288 g/mol. The molecule has 0 aliphatic rings. The summed E-state index contributed by atoms with van der Waals surface area (Å²) in [4.78, 5) is 24.3. The standard InChI is InChI=1S/C20H38O3/c1-5-7-9-10-11-12-13-14-15-17(3)19(21)18(16-8-6-2)20(22)23-4/h17-18H,5-16H2,1-4H3/t17-,18-/m1/s1. The third-order valence-corrected chi connectivity index (χ3v) is 4.65. The molecule has 2 atom stereocenters. The van der Waals surface area contributed by atoms with Crippen LogP contribution in [-0.2, 0) is 14.3 Å². The van der Waals surface area contributed by atoms with Gasteiger partial charge in [-0.15, -0.1) is 0 Å². The van der Waals surface area contributed by atoms with Gasteiger partial charge in [-0.3, -0.25) is 9.59 Å². The van der Waals surface area contributed by atoms with Crippen molar-refractivity contribution in [1.29, 1.82) is 0 Å². The summed E-state index contributed by atoms with van der Waals surface area (Å²) in [5, 5.41) is 0. The van der Waals surface area contributed by atoms with Gasteiger partial charge in [0, 0.05) is 5.92 Å². The quantitative estimate of drug-likeness (QED) is 0.220. The number of rotatable bonds is 15. The summed E-state index contributed by atoms with van der Waals surface area (Å²) in [6, 6.07) is 0. The van der Waals surface area contributed by atoms with E-state index >= 15 is 0 Å². The highest BCUT2D eigenvalue weighted by Crippen LogP contribution is 2.21. The van der Waals surface area contributed by atoms with Crippen LogP contribution in [0.15, 0.2) is 0 Å². The van der Waals surface area contributed by atoms with Crippen LogP contribution in [0, 0.1) is 11.8 Å². The third kappa shape index (κ3) is 10.5. The minimum Gasteiger partial charge on any atom is -0.468 e. The molecular formula is C20H38O3. The maximum Gasteiger partial charge on any atom is 0.316 e. The van der Waals surface area contributed by atoms with Crippen LogP contribution in [0.3, 0.4) is 0 Å². The summed E-state index contributed by atoms with van der Waals surface area (Å²) in [6.45, 7) is 6.27. The van der Waals surface area contributed by atoms with Crippen LogP contribution >= 0.6 is 0 Å². The predicted molar refractivity (Wildman–Crippen MR) is 96.4 cm³/mol. The Balaban J connectivity index is 3.99. The topological polar surface area (TPSA) is 43.4 Å². The lowest BCUT2D eigenvalue weighted by Gasteiger charge is -2.18. The first-order chi connectivity index (χ1) is 11.1. The van der Waals surface area contributed by atoms with Crippen LogP contribution in [0.5, 0.6) is 0 Å². The Kier molecular flexibility index (Phi) is 14.2. The minimum absolute atomic E-state index is 0.0314. The van der Waals surface area contributed by atoms with Crippen molar-refractivity contribution in [2.75, 3.05) is 7.11 Å². The van der Waals surface area contributed by atoms with Crippen LogP contribution in [0.1, 0.15) is 97.8 Å². The Morgan fingerprint density at radius 1 is 0.783 bits per heavy atom. The van der Waals surface area contributed by atoms with Gasteiger partial charge in [0.25, 0.3) is 0 Å². The molecule has 0 saturated carbocycles. The van der Waals surface area contributed by atoms with Gasteiger partial charge >= 0.3 is 5.97 Å². The Morgan fingerprint density at radius 3 is 1.83 bits per heavy atom. The molecule has 0 aromatic heterocycles. The average molecular weight is 327 g/mol. The molecule has 0 aromatic rings. The van der Waals surface area contributed by atoms with Gasteiger partial charge in [-0.05, 0) is 12.8 Å². The highest BCUT2D eigenvalue weighted by Gasteiger charge is 2.30. The Morgan fingerprint density at radius 2 is 1.30 bits per heavy atom. The van der Waals surface area contributed by atoms with Crippen LogP contribution in [0.25, 0.3) is 0 Å².